The number of benzene rings is 4. The molecule has 0 atom stereocenters. The number of rotatable bonds is 7. The number of hydrogen-bond acceptors (Lipinski definition) is 6. The molecule has 4 aromatic carbocycles. The van der Waals surface area contributed by atoms with Gasteiger partial charge in [0.25, 0.3) is 5.91 Å². The van der Waals surface area contributed by atoms with Gasteiger partial charge in [-0.2, -0.15) is 5.10 Å². The third-order valence-corrected chi connectivity index (χ3v) is 6.36. The first kappa shape index (κ1) is 23.2. The SMILES string of the molecule is O=C(CSc1ccc(/C=N/NC(=O)c2cc3ccccc3cc2O)o1)Nc1ccc2ccccc2c1. The molecule has 0 aliphatic carbocycles. The molecule has 0 radical (unpaired) electrons. The normalized spacial score (nSPS) is 11.2. The molecule has 0 fully saturated rings. The molecule has 3 N–H and O–H groups in total. The van der Waals surface area contributed by atoms with Gasteiger partial charge in [0.1, 0.15) is 11.5 Å². The summed E-state index contributed by atoms with van der Waals surface area (Å²) in [6.07, 6.45) is 1.36. The van der Waals surface area contributed by atoms with Gasteiger partial charge in [-0.05, 0) is 57.9 Å². The van der Waals surface area contributed by atoms with Gasteiger partial charge in [0.05, 0.1) is 17.5 Å². The van der Waals surface area contributed by atoms with Gasteiger partial charge in [0.2, 0.25) is 5.91 Å². The number of thioether (sulfide) groups is 1. The van der Waals surface area contributed by atoms with E-state index in [-0.39, 0.29) is 23.0 Å². The first-order valence-electron chi connectivity index (χ1n) is 11.1. The van der Waals surface area contributed by atoms with E-state index in [1.807, 2.05) is 66.7 Å². The lowest BCUT2D eigenvalue weighted by Crippen LogP contribution is -2.17. The van der Waals surface area contributed by atoms with Crippen molar-refractivity contribution in [2.45, 2.75) is 5.09 Å². The number of hydrazone groups is 1. The predicted octanol–water partition coefficient (Wildman–Crippen LogP) is 5.79. The summed E-state index contributed by atoms with van der Waals surface area (Å²) >= 11 is 1.25. The average molecular weight is 496 g/mol. The lowest BCUT2D eigenvalue weighted by Gasteiger charge is -2.06. The van der Waals surface area contributed by atoms with Crippen LogP contribution in [-0.2, 0) is 4.79 Å². The lowest BCUT2D eigenvalue weighted by atomic mass is 10.1. The Kier molecular flexibility index (Phi) is 6.68. The van der Waals surface area contributed by atoms with Crippen molar-refractivity contribution in [2.75, 3.05) is 11.1 Å². The van der Waals surface area contributed by atoms with E-state index in [9.17, 15) is 14.7 Å². The number of amides is 2. The van der Waals surface area contributed by atoms with Gasteiger partial charge in [-0.25, -0.2) is 5.43 Å². The fourth-order valence-corrected chi connectivity index (χ4v) is 4.37. The van der Waals surface area contributed by atoms with E-state index in [2.05, 4.69) is 15.8 Å². The standard InChI is InChI=1S/C28H21N3O4S/c32-25-15-21-8-4-3-7-20(21)14-24(25)28(34)31-29-16-23-11-12-27(35-23)36-17-26(33)30-22-10-9-18-5-1-2-6-19(18)13-22/h1-16,32H,17H2,(H,30,33)(H,31,34)/b29-16+. The van der Waals surface area contributed by atoms with Crippen LogP contribution in [0.15, 0.2) is 106 Å². The summed E-state index contributed by atoms with van der Waals surface area (Å²) in [6, 6.07) is 27.7. The first-order chi connectivity index (χ1) is 17.5. The number of anilines is 1. The number of nitrogens with zero attached hydrogens (tertiary/aromatic N) is 1. The van der Waals surface area contributed by atoms with Crippen LogP contribution in [0.2, 0.25) is 0 Å². The molecule has 8 heteroatoms. The predicted molar refractivity (Wildman–Crippen MR) is 143 cm³/mol. The number of fused-ring (bicyclic) bond motifs is 2. The van der Waals surface area contributed by atoms with E-state index in [0.29, 0.717) is 10.9 Å². The van der Waals surface area contributed by atoms with Gasteiger partial charge < -0.3 is 14.8 Å². The number of hydrogen-bond donors (Lipinski definition) is 3. The largest absolute Gasteiger partial charge is 0.507 e. The van der Waals surface area contributed by atoms with Crippen LogP contribution in [0.1, 0.15) is 16.1 Å². The maximum atomic E-state index is 12.4. The van der Waals surface area contributed by atoms with Crippen molar-refractivity contribution in [3.63, 3.8) is 0 Å². The molecule has 36 heavy (non-hydrogen) atoms. The molecule has 2 amide bonds. The smallest absolute Gasteiger partial charge is 0.275 e. The van der Waals surface area contributed by atoms with Crippen LogP contribution in [0.4, 0.5) is 5.69 Å². The van der Waals surface area contributed by atoms with Gasteiger partial charge in [0, 0.05) is 5.69 Å². The van der Waals surface area contributed by atoms with Crippen LogP contribution in [0.5, 0.6) is 5.75 Å². The monoisotopic (exact) mass is 495 g/mol. The van der Waals surface area contributed by atoms with E-state index >= 15 is 0 Å². The van der Waals surface area contributed by atoms with Crippen LogP contribution < -0.4 is 10.7 Å². The Bertz CT molecular complexity index is 1610. The molecule has 0 saturated heterocycles. The molecule has 7 nitrogen and oxygen atoms in total. The molecule has 0 aliphatic rings. The minimum absolute atomic E-state index is 0.124. The van der Waals surface area contributed by atoms with Crippen molar-refractivity contribution in [3.8, 4) is 5.75 Å². The Balaban J connectivity index is 1.14. The molecule has 178 valence electrons. The summed E-state index contributed by atoms with van der Waals surface area (Å²) in [4.78, 5) is 24.8. The van der Waals surface area contributed by atoms with E-state index in [4.69, 9.17) is 4.42 Å². The van der Waals surface area contributed by atoms with Crippen LogP contribution in [-0.4, -0.2) is 28.9 Å². The zero-order chi connectivity index (χ0) is 24.9. The molecule has 0 spiro atoms. The van der Waals surface area contributed by atoms with E-state index in [1.54, 1.807) is 24.3 Å². The summed E-state index contributed by atoms with van der Waals surface area (Å²) in [7, 11) is 0. The minimum atomic E-state index is -0.541. The van der Waals surface area contributed by atoms with Crippen molar-refractivity contribution < 1.29 is 19.1 Å². The molecule has 1 heterocycles. The summed E-state index contributed by atoms with van der Waals surface area (Å²) in [5.74, 6) is -0.226. The summed E-state index contributed by atoms with van der Waals surface area (Å²) in [5.41, 5.74) is 3.25. The van der Waals surface area contributed by atoms with Crippen molar-refractivity contribution in [1.82, 2.24) is 5.43 Å². The highest BCUT2D eigenvalue weighted by atomic mass is 32.2. The second kappa shape index (κ2) is 10.4. The summed E-state index contributed by atoms with van der Waals surface area (Å²) < 4.78 is 5.64. The number of carbonyl (C=O) groups excluding carboxylic acids is 2. The molecule has 0 saturated carbocycles. The summed E-state index contributed by atoms with van der Waals surface area (Å²) in [5, 5.41) is 21.4. The van der Waals surface area contributed by atoms with Crippen molar-refractivity contribution >= 4 is 57.0 Å². The van der Waals surface area contributed by atoms with Crippen LogP contribution in [0, 0.1) is 0 Å². The molecule has 5 rings (SSSR count). The van der Waals surface area contributed by atoms with Crippen molar-refractivity contribution in [3.05, 3.63) is 102 Å². The number of phenolic OH excluding ortho intramolecular Hbond substituents is 1. The number of carbonyl (C=O) groups is 2. The maximum Gasteiger partial charge on any atom is 0.275 e. The second-order valence-corrected chi connectivity index (χ2v) is 8.95. The van der Waals surface area contributed by atoms with Crippen molar-refractivity contribution in [2.24, 2.45) is 5.10 Å². The van der Waals surface area contributed by atoms with Gasteiger partial charge in [-0.3, -0.25) is 9.59 Å². The zero-order valence-corrected chi connectivity index (χ0v) is 19.8. The second-order valence-electron chi connectivity index (χ2n) is 7.97. The number of aromatic hydroxyl groups is 1. The molecule has 5 aromatic rings. The van der Waals surface area contributed by atoms with Crippen LogP contribution in [0.25, 0.3) is 21.5 Å². The third kappa shape index (κ3) is 5.39. The summed E-state index contributed by atoms with van der Waals surface area (Å²) in [6.45, 7) is 0. The molecule has 1 aromatic heterocycles. The molecule has 0 bridgehead atoms. The molecule has 0 aliphatic heterocycles. The quantitative estimate of drug-likeness (QED) is 0.151. The van der Waals surface area contributed by atoms with Gasteiger partial charge in [-0.15, -0.1) is 0 Å². The Hall–Kier alpha value is -4.56. The van der Waals surface area contributed by atoms with Crippen molar-refractivity contribution in [1.29, 1.82) is 0 Å². The fourth-order valence-electron chi connectivity index (χ4n) is 3.71. The third-order valence-electron chi connectivity index (χ3n) is 5.45. The zero-order valence-electron chi connectivity index (χ0n) is 19.0. The lowest BCUT2D eigenvalue weighted by molar-refractivity contribution is -0.113. The van der Waals surface area contributed by atoms with E-state index in [0.717, 1.165) is 27.2 Å². The first-order valence-corrected chi connectivity index (χ1v) is 12.1. The average Bonchev–Trinajstić information content (AvgIpc) is 3.34. The van der Waals surface area contributed by atoms with Crippen LogP contribution >= 0.6 is 11.8 Å². The highest BCUT2D eigenvalue weighted by Crippen LogP contribution is 2.25. The minimum Gasteiger partial charge on any atom is -0.507 e. The van der Waals surface area contributed by atoms with E-state index < -0.39 is 5.91 Å². The van der Waals surface area contributed by atoms with E-state index in [1.165, 1.54) is 18.0 Å². The molecular weight excluding hydrogens is 474 g/mol. The highest BCUT2D eigenvalue weighted by Gasteiger charge is 2.12. The maximum absolute atomic E-state index is 12.4. The van der Waals surface area contributed by atoms with Gasteiger partial charge in [0.15, 0.2) is 5.09 Å². The topological polar surface area (TPSA) is 104 Å². The molecule has 0 unspecified atom stereocenters. The van der Waals surface area contributed by atoms with Gasteiger partial charge in [-0.1, -0.05) is 66.4 Å². The number of furan rings is 1. The van der Waals surface area contributed by atoms with Crippen LogP contribution in [0.3, 0.4) is 0 Å². The Morgan fingerprint density at radius 2 is 1.56 bits per heavy atom. The highest BCUT2D eigenvalue weighted by molar-refractivity contribution is 7.99. The Morgan fingerprint density at radius 3 is 2.33 bits per heavy atom. The number of phenols is 1. The fraction of sp³-hybridized carbons (Fsp3) is 0.0357. The number of nitrogens with one attached hydrogen (secondary N) is 2. The Morgan fingerprint density at radius 1 is 0.861 bits per heavy atom. The van der Waals surface area contributed by atoms with Gasteiger partial charge >= 0.3 is 0 Å². The molecular formula is C28H21N3O4S. The Labute approximate surface area is 210 Å².